The summed E-state index contributed by atoms with van der Waals surface area (Å²) in [6.07, 6.45) is 16.6. The average Bonchev–Trinajstić information content (AvgIpc) is 2.50. The van der Waals surface area contributed by atoms with Gasteiger partial charge in [0.05, 0.1) is 0 Å². The molecule has 0 aliphatic carbocycles. The fraction of sp³-hybridized carbons (Fsp3) is 1.00. The molecule has 5 N–H and O–H groups in total. The molecule has 7 nitrogen and oxygen atoms in total. The first-order valence-electron chi connectivity index (χ1n) is 9.07. The maximum Gasteiger partial charge on any atom is 0.466 e. The zero-order chi connectivity index (χ0) is 18.7. The minimum Gasteiger partial charge on any atom is -0.366 e. The summed E-state index contributed by atoms with van der Waals surface area (Å²) in [5, 5.41) is 17.1. The fourth-order valence-corrected chi connectivity index (χ4v) is 2.39. The third-order valence-electron chi connectivity index (χ3n) is 3.68. The van der Waals surface area contributed by atoms with Crippen LogP contribution in [0, 0.1) is 0 Å². The van der Waals surface area contributed by atoms with Crippen LogP contribution < -0.4 is 0 Å². The smallest absolute Gasteiger partial charge is 0.366 e. The summed E-state index contributed by atoms with van der Waals surface area (Å²) < 4.78 is 8.88. The van der Waals surface area contributed by atoms with Gasteiger partial charge in [-0.2, -0.15) is 0 Å². The molecule has 0 radical (unpaired) electrons. The summed E-state index contributed by atoms with van der Waals surface area (Å²) in [6.45, 7) is 2.26. The van der Waals surface area contributed by atoms with Crippen LogP contribution in [0.4, 0.5) is 0 Å². The first kappa shape index (κ1) is 26.2. The molecule has 0 amide bonds. The summed E-state index contributed by atoms with van der Waals surface area (Å²) >= 11 is 0. The van der Waals surface area contributed by atoms with Crippen LogP contribution in [-0.4, -0.2) is 31.3 Å². The van der Waals surface area contributed by atoms with Crippen molar-refractivity contribution in [2.45, 2.75) is 103 Å². The van der Waals surface area contributed by atoms with Crippen molar-refractivity contribution < 1.29 is 34.5 Å². The van der Waals surface area contributed by atoms with Crippen molar-refractivity contribution in [2.75, 3.05) is 0 Å². The number of aliphatic hydroxyl groups excluding tert-OH is 1. The zero-order valence-electron chi connectivity index (χ0n) is 15.0. The molecule has 0 rings (SSSR count). The van der Waals surface area contributed by atoms with Crippen LogP contribution in [0.2, 0.25) is 0 Å². The molecule has 0 fully saturated rings. The largest absolute Gasteiger partial charge is 0.466 e. The second-order valence-electron chi connectivity index (χ2n) is 6.10. The van der Waals surface area contributed by atoms with Gasteiger partial charge in [0.2, 0.25) is 0 Å². The lowest BCUT2D eigenvalue weighted by atomic mass is 10.0. The number of rotatable bonds is 15. The molecule has 0 aliphatic heterocycles. The first-order valence-corrected chi connectivity index (χ1v) is 10.6. The van der Waals surface area contributed by atoms with E-state index >= 15 is 0 Å². The minimum absolute atomic E-state index is 0.536. The quantitative estimate of drug-likeness (QED) is 0.0950. The third kappa shape index (κ3) is 33.6. The van der Waals surface area contributed by atoms with Gasteiger partial charge in [-0.3, -0.25) is 0 Å². The predicted molar refractivity (Wildman–Crippen MR) is 94.3 cm³/mol. The zero-order valence-corrected chi connectivity index (χ0v) is 15.9. The maximum absolute atomic E-state index is 8.96. The molecule has 0 spiro atoms. The molecule has 0 heterocycles. The fourth-order valence-electron chi connectivity index (χ4n) is 2.39. The van der Waals surface area contributed by atoms with Gasteiger partial charge in [0.15, 0.2) is 6.29 Å². The van der Waals surface area contributed by atoms with Crippen LogP contribution in [0.3, 0.4) is 0 Å². The second kappa shape index (κ2) is 19.3. The monoisotopic (exact) mass is 372 g/mol. The Morgan fingerprint density at radius 1 is 0.750 bits per heavy atom. The molecule has 1 unspecified atom stereocenters. The minimum atomic E-state index is -4.64. The van der Waals surface area contributed by atoms with Gasteiger partial charge < -0.3 is 19.8 Å². The Labute approximate surface area is 146 Å². The van der Waals surface area contributed by atoms with Crippen molar-refractivity contribution in [1.29, 1.82) is 0 Å². The molecular weight excluding hydrogens is 335 g/mol. The van der Waals surface area contributed by atoms with E-state index < -0.39 is 14.1 Å². The summed E-state index contributed by atoms with van der Waals surface area (Å²) in [6, 6.07) is 0. The molecule has 0 bridgehead atoms. The predicted octanol–water partition coefficient (Wildman–Crippen LogP) is 4.35. The van der Waals surface area contributed by atoms with Gasteiger partial charge >= 0.3 is 7.82 Å². The number of aliphatic hydroxyl groups is 1. The SMILES string of the molecule is CCCCCCCCCCCCCCCC(O)OO.O=P(O)(O)O. The summed E-state index contributed by atoms with van der Waals surface area (Å²) in [5.41, 5.74) is 0. The van der Waals surface area contributed by atoms with Gasteiger partial charge in [0.25, 0.3) is 0 Å². The highest BCUT2D eigenvalue weighted by molar-refractivity contribution is 7.45. The Balaban J connectivity index is 0. The van der Waals surface area contributed by atoms with E-state index in [0.717, 1.165) is 12.8 Å². The summed E-state index contributed by atoms with van der Waals surface area (Å²) in [4.78, 5) is 25.4. The number of unbranched alkanes of at least 4 members (excludes halogenated alkanes) is 12. The maximum atomic E-state index is 8.96. The summed E-state index contributed by atoms with van der Waals surface area (Å²) in [5.74, 6) is 0. The summed E-state index contributed by atoms with van der Waals surface area (Å²) in [7, 11) is -4.64. The molecule has 148 valence electrons. The van der Waals surface area contributed by atoms with Crippen LogP contribution >= 0.6 is 7.82 Å². The first-order chi connectivity index (χ1) is 11.3. The van der Waals surface area contributed by atoms with Crippen molar-refractivity contribution in [1.82, 2.24) is 0 Å². The topological polar surface area (TPSA) is 127 Å². The Bertz CT molecular complexity index is 275. The number of hydrogen-bond acceptors (Lipinski definition) is 4. The van der Waals surface area contributed by atoms with Crippen molar-refractivity contribution in [3.8, 4) is 0 Å². The Kier molecular flexibility index (Phi) is 21.1. The Morgan fingerprint density at radius 2 is 1.04 bits per heavy atom. The van der Waals surface area contributed by atoms with Crippen LogP contribution in [0.25, 0.3) is 0 Å². The van der Waals surface area contributed by atoms with Gasteiger partial charge in [-0.05, 0) is 6.42 Å². The molecule has 0 aliphatic rings. The lowest BCUT2D eigenvalue weighted by molar-refractivity contribution is -0.335. The van der Waals surface area contributed by atoms with E-state index in [9.17, 15) is 0 Å². The standard InChI is InChI=1S/C16H34O3.H3O4P/c1-2-3-4-5-6-7-8-9-10-11-12-13-14-15-16(17)19-18;1-5(2,3)4/h16-18H,2-15H2,1H3;(H3,1,2,3,4). The van der Waals surface area contributed by atoms with Crippen molar-refractivity contribution in [2.24, 2.45) is 0 Å². The van der Waals surface area contributed by atoms with Crippen molar-refractivity contribution >= 4 is 7.82 Å². The molecule has 0 saturated carbocycles. The van der Waals surface area contributed by atoms with Crippen molar-refractivity contribution in [3.05, 3.63) is 0 Å². The molecule has 8 heteroatoms. The van der Waals surface area contributed by atoms with Crippen LogP contribution in [-0.2, 0) is 9.45 Å². The molecule has 0 saturated heterocycles. The highest BCUT2D eigenvalue weighted by Gasteiger charge is 2.01. The number of hydrogen-bond donors (Lipinski definition) is 5. The van der Waals surface area contributed by atoms with Crippen molar-refractivity contribution in [3.63, 3.8) is 0 Å². The molecule has 0 aromatic rings. The van der Waals surface area contributed by atoms with Crippen LogP contribution in [0.5, 0.6) is 0 Å². The van der Waals surface area contributed by atoms with Crippen LogP contribution in [0.1, 0.15) is 96.8 Å². The van der Waals surface area contributed by atoms with E-state index in [1.807, 2.05) is 0 Å². The highest BCUT2D eigenvalue weighted by Crippen LogP contribution is 2.25. The van der Waals surface area contributed by atoms with E-state index in [1.54, 1.807) is 0 Å². The second-order valence-corrected chi connectivity index (χ2v) is 7.13. The normalized spacial score (nSPS) is 12.6. The van der Waals surface area contributed by atoms with E-state index in [-0.39, 0.29) is 0 Å². The highest BCUT2D eigenvalue weighted by atomic mass is 31.2. The van der Waals surface area contributed by atoms with E-state index in [4.69, 9.17) is 29.6 Å². The van der Waals surface area contributed by atoms with E-state index in [2.05, 4.69) is 11.8 Å². The molecule has 0 aromatic heterocycles. The molecular formula is C16H37O7P. The van der Waals surface area contributed by atoms with Gasteiger partial charge in [-0.1, -0.05) is 84.0 Å². The van der Waals surface area contributed by atoms with Gasteiger partial charge in [-0.15, -0.1) is 0 Å². The molecule has 1 atom stereocenters. The lowest BCUT2D eigenvalue weighted by Gasteiger charge is -2.05. The van der Waals surface area contributed by atoms with Gasteiger partial charge in [0, 0.05) is 6.42 Å². The van der Waals surface area contributed by atoms with Crippen LogP contribution in [0.15, 0.2) is 0 Å². The Hall–Kier alpha value is -0.0100. The van der Waals surface area contributed by atoms with Gasteiger partial charge in [0.1, 0.15) is 0 Å². The molecule has 24 heavy (non-hydrogen) atoms. The van der Waals surface area contributed by atoms with E-state index in [0.29, 0.717) is 6.42 Å². The van der Waals surface area contributed by atoms with Gasteiger partial charge in [-0.25, -0.2) is 14.7 Å². The average molecular weight is 372 g/mol. The van der Waals surface area contributed by atoms with E-state index in [1.165, 1.54) is 70.6 Å². The Morgan fingerprint density at radius 3 is 1.33 bits per heavy atom. The number of phosphoric acid groups is 1. The third-order valence-corrected chi connectivity index (χ3v) is 3.68. The lowest BCUT2D eigenvalue weighted by Crippen LogP contribution is -2.08. The molecule has 0 aromatic carbocycles.